The lowest BCUT2D eigenvalue weighted by atomic mass is 9.78. The van der Waals surface area contributed by atoms with Crippen LogP contribution in [-0.2, 0) is 9.59 Å². The zero-order valence-electron chi connectivity index (χ0n) is 20.1. The second-order valence-corrected chi connectivity index (χ2v) is 11.4. The molecule has 4 saturated heterocycles. The number of nitrogens with one attached hydrogen (secondary N) is 3. The van der Waals surface area contributed by atoms with Crippen molar-refractivity contribution in [2.45, 2.75) is 93.4 Å². The number of nitrogens with zero attached hydrogens (tertiary/aromatic N) is 3. The van der Waals surface area contributed by atoms with Crippen molar-refractivity contribution >= 4 is 23.4 Å². The number of carbonyl (C=O) groups is 2. The molecule has 6 atom stereocenters. The van der Waals surface area contributed by atoms with Crippen LogP contribution in [0.2, 0.25) is 0 Å². The van der Waals surface area contributed by atoms with E-state index in [1.165, 1.54) is 7.05 Å². The molecule has 5 aliphatic rings. The Morgan fingerprint density at radius 2 is 1.89 bits per heavy atom. The van der Waals surface area contributed by atoms with E-state index in [1.54, 1.807) is 0 Å². The van der Waals surface area contributed by atoms with Gasteiger partial charge in [-0.25, -0.2) is 10.4 Å². The van der Waals surface area contributed by atoms with Crippen LogP contribution in [0.25, 0.3) is 0 Å². The van der Waals surface area contributed by atoms with E-state index in [4.69, 9.17) is 11.6 Å². The first-order valence-electron chi connectivity index (χ1n) is 12.9. The molecule has 1 saturated carbocycles. The maximum atomic E-state index is 14.2. The van der Waals surface area contributed by atoms with Gasteiger partial charge in [-0.1, -0.05) is 0 Å². The molecule has 4 unspecified atom stereocenters. The highest BCUT2D eigenvalue weighted by Crippen LogP contribution is 2.41. The summed E-state index contributed by atoms with van der Waals surface area (Å²) in [5.74, 6) is -2.22. The lowest BCUT2D eigenvalue weighted by Gasteiger charge is -2.53. The molecule has 4 heterocycles. The van der Waals surface area contributed by atoms with Crippen LogP contribution in [0.15, 0.2) is 0 Å². The number of rotatable bonds is 4. The summed E-state index contributed by atoms with van der Waals surface area (Å²) in [7, 11) is 1.25. The predicted molar refractivity (Wildman–Crippen MR) is 124 cm³/mol. The summed E-state index contributed by atoms with van der Waals surface area (Å²) >= 11 is 6.34. The molecule has 1 aliphatic carbocycles. The van der Waals surface area contributed by atoms with Gasteiger partial charge >= 0.3 is 6.18 Å². The van der Waals surface area contributed by atoms with Crippen molar-refractivity contribution in [2.24, 2.45) is 11.8 Å². The van der Waals surface area contributed by atoms with Crippen LogP contribution < -0.4 is 16.1 Å². The number of halogens is 4. The molecule has 0 bridgehead atoms. The Morgan fingerprint density at radius 3 is 2.54 bits per heavy atom. The predicted octanol–water partition coefficient (Wildman–Crippen LogP) is 1.61. The van der Waals surface area contributed by atoms with Crippen molar-refractivity contribution in [2.75, 3.05) is 26.7 Å². The van der Waals surface area contributed by atoms with Gasteiger partial charge in [-0.2, -0.15) is 13.2 Å². The van der Waals surface area contributed by atoms with E-state index in [9.17, 15) is 22.8 Å². The van der Waals surface area contributed by atoms with Crippen molar-refractivity contribution in [3.8, 4) is 0 Å². The molecule has 198 valence electrons. The van der Waals surface area contributed by atoms with Crippen LogP contribution >= 0.6 is 11.6 Å². The second-order valence-electron chi connectivity index (χ2n) is 10.9. The fourth-order valence-electron chi connectivity index (χ4n) is 7.23. The minimum Gasteiger partial charge on any atom is -0.355 e. The number of hydrazine groups is 1. The second kappa shape index (κ2) is 9.96. The summed E-state index contributed by atoms with van der Waals surface area (Å²) in [6, 6.07) is -0.900. The van der Waals surface area contributed by atoms with E-state index in [1.807, 2.05) is 0 Å². The molecule has 0 aromatic rings. The number of amides is 2. The smallest absolute Gasteiger partial charge is 0.355 e. The molecule has 0 spiro atoms. The molecule has 0 aromatic heterocycles. The van der Waals surface area contributed by atoms with E-state index >= 15 is 0 Å². The highest BCUT2D eigenvalue weighted by Gasteiger charge is 2.52. The Kier molecular flexibility index (Phi) is 7.26. The fourth-order valence-corrected chi connectivity index (χ4v) is 7.51. The number of hydrogen-bond acceptors (Lipinski definition) is 6. The van der Waals surface area contributed by atoms with E-state index in [0.29, 0.717) is 37.8 Å². The van der Waals surface area contributed by atoms with Crippen molar-refractivity contribution in [3.63, 3.8) is 0 Å². The van der Waals surface area contributed by atoms with Crippen LogP contribution in [0.1, 0.15) is 51.4 Å². The number of piperidine rings is 1. The first kappa shape index (κ1) is 25.5. The Balaban J connectivity index is 1.23. The van der Waals surface area contributed by atoms with Gasteiger partial charge in [0.2, 0.25) is 11.8 Å². The van der Waals surface area contributed by atoms with Gasteiger partial charge in [-0.15, -0.1) is 11.6 Å². The number of likely N-dealkylation sites (tertiary alicyclic amines) is 1. The Morgan fingerprint density at radius 1 is 1.14 bits per heavy atom. The van der Waals surface area contributed by atoms with Crippen LogP contribution in [0.5, 0.6) is 0 Å². The number of hydrogen-bond donors (Lipinski definition) is 3. The zero-order chi connectivity index (χ0) is 24.9. The Labute approximate surface area is 209 Å². The van der Waals surface area contributed by atoms with Gasteiger partial charge in [0.1, 0.15) is 6.04 Å². The molecule has 8 nitrogen and oxygen atoms in total. The molecule has 3 N–H and O–H groups in total. The molecule has 0 radical (unpaired) electrons. The molecule has 12 heteroatoms. The first-order chi connectivity index (χ1) is 16.6. The van der Waals surface area contributed by atoms with Crippen LogP contribution in [-0.4, -0.2) is 95.3 Å². The third-order valence-corrected chi connectivity index (χ3v) is 9.12. The molecule has 35 heavy (non-hydrogen) atoms. The van der Waals surface area contributed by atoms with Crippen molar-refractivity contribution < 1.29 is 22.8 Å². The highest BCUT2D eigenvalue weighted by atomic mass is 35.5. The number of fused-ring (bicyclic) bond motifs is 3. The summed E-state index contributed by atoms with van der Waals surface area (Å²) in [6.45, 7) is 1.94. The number of carbonyl (C=O) groups excluding carboxylic acids is 2. The maximum absolute atomic E-state index is 14.2. The van der Waals surface area contributed by atoms with Gasteiger partial charge in [0.25, 0.3) is 0 Å². The van der Waals surface area contributed by atoms with Gasteiger partial charge in [0.15, 0.2) is 0 Å². The average molecular weight is 521 g/mol. The minimum atomic E-state index is -4.50. The Bertz CT molecular complexity index is 811. The average Bonchev–Trinajstić information content (AvgIpc) is 3.42. The standard InChI is InChI=1S/C23H36ClF3N6O2/c1-31(22(35)14-9-20(34)29-11-14)21(23(25,26)27)13-4-6-15(7-5-13)32-8-2-3-16-17(32)12-28-19-10-18(24)30-33(16)19/h13-19,21,28,30H,2-12H2,1H3,(H,29,34)/t13?,14-,15?,16?,17?,18?,19?,21-/m0/s1. The third-order valence-electron chi connectivity index (χ3n) is 8.85. The lowest BCUT2D eigenvalue weighted by Crippen LogP contribution is -2.70. The van der Waals surface area contributed by atoms with Gasteiger partial charge in [0, 0.05) is 51.1 Å². The monoisotopic (exact) mass is 520 g/mol. The summed E-state index contributed by atoms with van der Waals surface area (Å²) in [5.41, 5.74) is 3.31. The molecule has 5 fully saturated rings. The van der Waals surface area contributed by atoms with E-state index < -0.39 is 30.0 Å². The van der Waals surface area contributed by atoms with Crippen LogP contribution in [0.4, 0.5) is 13.2 Å². The van der Waals surface area contributed by atoms with E-state index in [2.05, 4.69) is 26.0 Å². The molecular formula is C23H36ClF3N6O2. The molecule has 4 aliphatic heterocycles. The Hall–Kier alpha value is -1.14. The van der Waals surface area contributed by atoms with Crippen molar-refractivity contribution in [1.29, 1.82) is 0 Å². The summed E-state index contributed by atoms with van der Waals surface area (Å²) in [6.07, 6.45) is 0.962. The van der Waals surface area contributed by atoms with Gasteiger partial charge in [0.05, 0.1) is 17.6 Å². The van der Waals surface area contributed by atoms with E-state index in [0.717, 1.165) is 37.3 Å². The highest BCUT2D eigenvalue weighted by molar-refractivity contribution is 6.20. The topological polar surface area (TPSA) is 80.0 Å². The quantitative estimate of drug-likeness (QED) is 0.386. The van der Waals surface area contributed by atoms with E-state index in [-0.39, 0.29) is 36.6 Å². The number of alkyl halides is 4. The minimum absolute atomic E-state index is 0.0385. The SMILES string of the molecule is CN(C(=O)[C@@H]1CNC(=O)C1)[C@@H](C1CCC(N2CCCC3C2CNC2CC(Cl)NN23)CC1)C(F)(F)F. The lowest BCUT2D eigenvalue weighted by molar-refractivity contribution is -0.203. The fraction of sp³-hybridized carbons (Fsp3) is 0.913. The van der Waals surface area contributed by atoms with Gasteiger partial charge in [-0.05, 0) is 51.0 Å². The van der Waals surface area contributed by atoms with Gasteiger partial charge < -0.3 is 10.2 Å². The largest absolute Gasteiger partial charge is 0.409 e. The summed E-state index contributed by atoms with van der Waals surface area (Å²) in [4.78, 5) is 27.7. The van der Waals surface area contributed by atoms with Crippen molar-refractivity contribution in [1.82, 2.24) is 30.9 Å². The summed E-state index contributed by atoms with van der Waals surface area (Å²) < 4.78 is 42.6. The normalized spacial score (nSPS) is 39.6. The summed E-state index contributed by atoms with van der Waals surface area (Å²) in [5, 5.41) is 8.42. The molecule has 0 aromatic carbocycles. The molecule has 5 rings (SSSR count). The zero-order valence-corrected chi connectivity index (χ0v) is 20.8. The van der Waals surface area contributed by atoms with Crippen LogP contribution in [0.3, 0.4) is 0 Å². The van der Waals surface area contributed by atoms with Crippen molar-refractivity contribution in [3.05, 3.63) is 0 Å². The third kappa shape index (κ3) is 5.03. The van der Waals surface area contributed by atoms with Gasteiger partial charge in [-0.3, -0.25) is 19.8 Å². The molecule has 2 amide bonds. The molecular weight excluding hydrogens is 485 g/mol. The van der Waals surface area contributed by atoms with Crippen LogP contribution in [0, 0.1) is 11.8 Å². The maximum Gasteiger partial charge on any atom is 0.409 e. The first-order valence-corrected chi connectivity index (χ1v) is 13.3.